The molecule has 0 atom stereocenters. The lowest BCUT2D eigenvalue weighted by Gasteiger charge is -2.37. The standard InChI is InChI=1S/C20H18ClN3O2/c21-15-5-4-8-17(13-15)24-19(25)14-18(20(24)26)23-11-9-22(10-12-23)16-6-2-1-3-7-16/h1-8,13-14H,9-12H2. The minimum atomic E-state index is -0.322. The van der Waals surface area contributed by atoms with Gasteiger partial charge in [-0.15, -0.1) is 0 Å². The van der Waals surface area contributed by atoms with Crippen molar-refractivity contribution < 1.29 is 9.59 Å². The predicted molar refractivity (Wildman–Crippen MR) is 102 cm³/mol. The highest BCUT2D eigenvalue weighted by Gasteiger charge is 2.36. The summed E-state index contributed by atoms with van der Waals surface area (Å²) in [5, 5.41) is 0.494. The van der Waals surface area contributed by atoms with Gasteiger partial charge in [-0.1, -0.05) is 35.9 Å². The molecule has 6 heteroatoms. The van der Waals surface area contributed by atoms with Gasteiger partial charge in [0.15, 0.2) is 0 Å². The van der Waals surface area contributed by atoms with Crippen molar-refractivity contribution in [1.82, 2.24) is 4.90 Å². The first-order valence-corrected chi connectivity index (χ1v) is 8.92. The summed E-state index contributed by atoms with van der Waals surface area (Å²) >= 11 is 6.00. The molecule has 1 saturated heterocycles. The van der Waals surface area contributed by atoms with Crippen molar-refractivity contribution in [2.75, 3.05) is 36.0 Å². The second-order valence-corrected chi connectivity index (χ2v) is 6.73. The molecular weight excluding hydrogens is 350 g/mol. The number of piperazine rings is 1. The number of nitrogens with zero attached hydrogens (tertiary/aromatic N) is 3. The van der Waals surface area contributed by atoms with Crippen molar-refractivity contribution in [3.63, 3.8) is 0 Å². The van der Waals surface area contributed by atoms with E-state index < -0.39 is 0 Å². The van der Waals surface area contributed by atoms with Crippen LogP contribution in [-0.4, -0.2) is 42.9 Å². The van der Waals surface area contributed by atoms with Crippen LogP contribution in [0.25, 0.3) is 0 Å². The van der Waals surface area contributed by atoms with Crippen LogP contribution in [0.2, 0.25) is 5.02 Å². The lowest BCUT2D eigenvalue weighted by molar-refractivity contribution is -0.120. The van der Waals surface area contributed by atoms with Gasteiger partial charge in [0.05, 0.1) is 5.69 Å². The number of amides is 2. The molecule has 1 fully saturated rings. The third-order valence-electron chi connectivity index (χ3n) is 4.71. The quantitative estimate of drug-likeness (QED) is 0.782. The summed E-state index contributed by atoms with van der Waals surface area (Å²) in [5.41, 5.74) is 2.14. The molecule has 0 aliphatic carbocycles. The van der Waals surface area contributed by atoms with Gasteiger partial charge in [0.1, 0.15) is 5.70 Å². The van der Waals surface area contributed by atoms with Crippen LogP contribution in [-0.2, 0) is 9.59 Å². The maximum Gasteiger partial charge on any atom is 0.281 e. The van der Waals surface area contributed by atoms with Gasteiger partial charge in [-0.3, -0.25) is 9.59 Å². The fourth-order valence-corrected chi connectivity index (χ4v) is 3.57. The summed E-state index contributed by atoms with van der Waals surface area (Å²) in [4.78, 5) is 30.7. The molecule has 2 aliphatic heterocycles. The molecule has 0 spiro atoms. The average molecular weight is 368 g/mol. The largest absolute Gasteiger partial charge is 0.368 e. The Kier molecular flexibility index (Phi) is 4.39. The van der Waals surface area contributed by atoms with Gasteiger partial charge < -0.3 is 9.80 Å². The molecule has 0 unspecified atom stereocenters. The van der Waals surface area contributed by atoms with E-state index in [0.29, 0.717) is 29.5 Å². The summed E-state index contributed by atoms with van der Waals surface area (Å²) in [7, 11) is 0. The lowest BCUT2D eigenvalue weighted by Crippen LogP contribution is -2.47. The number of hydrogen-bond donors (Lipinski definition) is 0. The molecule has 132 valence electrons. The molecule has 2 aromatic rings. The van der Waals surface area contributed by atoms with E-state index in [1.165, 1.54) is 16.7 Å². The van der Waals surface area contributed by atoms with Crippen LogP contribution in [0.5, 0.6) is 0 Å². The number of para-hydroxylation sites is 1. The van der Waals surface area contributed by atoms with Gasteiger partial charge >= 0.3 is 0 Å². The van der Waals surface area contributed by atoms with E-state index in [9.17, 15) is 9.59 Å². The van der Waals surface area contributed by atoms with E-state index in [0.717, 1.165) is 13.1 Å². The minimum Gasteiger partial charge on any atom is -0.368 e. The Bertz CT molecular complexity index is 874. The molecule has 0 radical (unpaired) electrons. The molecule has 4 rings (SSSR count). The van der Waals surface area contributed by atoms with Gasteiger partial charge in [-0.2, -0.15) is 0 Å². The number of imide groups is 1. The molecule has 2 aromatic carbocycles. The second kappa shape index (κ2) is 6.84. The molecule has 0 aromatic heterocycles. The fraction of sp³-hybridized carbons (Fsp3) is 0.200. The molecular formula is C20H18ClN3O2. The van der Waals surface area contributed by atoms with Gasteiger partial charge in [0.2, 0.25) is 0 Å². The second-order valence-electron chi connectivity index (χ2n) is 6.30. The molecule has 26 heavy (non-hydrogen) atoms. The zero-order valence-corrected chi connectivity index (χ0v) is 14.9. The Labute approximate surface area is 157 Å². The molecule has 0 saturated carbocycles. The maximum atomic E-state index is 12.8. The Morgan fingerprint density at radius 1 is 0.769 bits per heavy atom. The Morgan fingerprint density at radius 3 is 2.12 bits per heavy atom. The summed E-state index contributed by atoms with van der Waals surface area (Å²) in [6.45, 7) is 3.01. The van der Waals surface area contributed by atoms with E-state index in [2.05, 4.69) is 17.0 Å². The average Bonchev–Trinajstić information content (AvgIpc) is 2.97. The van der Waals surface area contributed by atoms with Crippen molar-refractivity contribution in [3.8, 4) is 0 Å². The highest BCUT2D eigenvalue weighted by molar-refractivity contribution is 6.33. The third-order valence-corrected chi connectivity index (χ3v) is 4.95. The fourth-order valence-electron chi connectivity index (χ4n) is 3.39. The molecule has 5 nitrogen and oxygen atoms in total. The Balaban J connectivity index is 1.47. The summed E-state index contributed by atoms with van der Waals surface area (Å²) in [5.74, 6) is -0.608. The van der Waals surface area contributed by atoms with E-state index >= 15 is 0 Å². The first-order chi connectivity index (χ1) is 12.6. The number of hydrogen-bond acceptors (Lipinski definition) is 4. The van der Waals surface area contributed by atoms with Crippen molar-refractivity contribution in [2.45, 2.75) is 0 Å². The van der Waals surface area contributed by atoms with Crippen molar-refractivity contribution >= 4 is 34.8 Å². The summed E-state index contributed by atoms with van der Waals surface area (Å²) in [6, 6.07) is 17.0. The van der Waals surface area contributed by atoms with E-state index in [1.807, 2.05) is 23.1 Å². The van der Waals surface area contributed by atoms with Crippen molar-refractivity contribution in [2.24, 2.45) is 0 Å². The Hall–Kier alpha value is -2.79. The Morgan fingerprint density at radius 2 is 1.42 bits per heavy atom. The van der Waals surface area contributed by atoms with Gasteiger partial charge in [-0.25, -0.2) is 4.90 Å². The van der Waals surface area contributed by atoms with Crippen LogP contribution in [0.4, 0.5) is 11.4 Å². The van der Waals surface area contributed by atoms with Gasteiger partial charge in [0, 0.05) is 43.0 Å². The number of rotatable bonds is 3. The normalized spacial score (nSPS) is 17.7. The number of carbonyl (C=O) groups is 2. The monoisotopic (exact) mass is 367 g/mol. The molecule has 0 bridgehead atoms. The first-order valence-electron chi connectivity index (χ1n) is 8.54. The minimum absolute atomic E-state index is 0.287. The van der Waals surface area contributed by atoms with Crippen LogP contribution < -0.4 is 9.80 Å². The SMILES string of the molecule is O=C1C=C(N2CCN(c3ccccc3)CC2)C(=O)N1c1cccc(Cl)c1. The van der Waals surface area contributed by atoms with Gasteiger partial charge in [-0.05, 0) is 30.3 Å². The van der Waals surface area contributed by atoms with Crippen LogP contribution >= 0.6 is 11.6 Å². The van der Waals surface area contributed by atoms with Gasteiger partial charge in [0.25, 0.3) is 11.8 Å². The van der Waals surface area contributed by atoms with E-state index in [4.69, 9.17) is 11.6 Å². The highest BCUT2D eigenvalue weighted by Crippen LogP contribution is 2.27. The van der Waals surface area contributed by atoms with Crippen molar-refractivity contribution in [3.05, 3.63) is 71.4 Å². The number of anilines is 2. The molecule has 0 N–H and O–H groups in total. The molecule has 2 amide bonds. The zero-order valence-electron chi connectivity index (χ0n) is 14.1. The lowest BCUT2D eigenvalue weighted by atomic mass is 10.2. The van der Waals surface area contributed by atoms with Crippen LogP contribution in [0.15, 0.2) is 66.4 Å². The van der Waals surface area contributed by atoms with E-state index in [1.54, 1.807) is 24.3 Å². The smallest absolute Gasteiger partial charge is 0.281 e. The van der Waals surface area contributed by atoms with Crippen LogP contribution in [0.3, 0.4) is 0 Å². The van der Waals surface area contributed by atoms with Crippen LogP contribution in [0.1, 0.15) is 0 Å². The highest BCUT2D eigenvalue weighted by atomic mass is 35.5. The number of carbonyl (C=O) groups excluding carboxylic acids is 2. The summed E-state index contributed by atoms with van der Waals surface area (Å²) in [6.07, 6.45) is 1.43. The van der Waals surface area contributed by atoms with Crippen LogP contribution in [0, 0.1) is 0 Å². The van der Waals surface area contributed by atoms with E-state index in [-0.39, 0.29) is 11.8 Å². The molecule has 2 heterocycles. The predicted octanol–water partition coefficient (Wildman–Crippen LogP) is 2.92. The number of halogens is 1. The molecule has 2 aliphatic rings. The third kappa shape index (κ3) is 3.06. The summed E-state index contributed by atoms with van der Waals surface area (Å²) < 4.78 is 0. The van der Waals surface area contributed by atoms with Crippen molar-refractivity contribution in [1.29, 1.82) is 0 Å². The topological polar surface area (TPSA) is 43.9 Å². The number of benzene rings is 2. The maximum absolute atomic E-state index is 12.8. The first kappa shape index (κ1) is 16.7. The zero-order chi connectivity index (χ0) is 18.1.